The molecule has 7 heteroatoms. The summed E-state index contributed by atoms with van der Waals surface area (Å²) in [6, 6.07) is 16.3. The predicted octanol–water partition coefficient (Wildman–Crippen LogP) is 1.72. The molecular weight excluding hydrogens is 372 g/mol. The summed E-state index contributed by atoms with van der Waals surface area (Å²) in [7, 11) is 1.36. The number of anilines is 1. The Morgan fingerprint density at radius 2 is 1.79 bits per heavy atom. The van der Waals surface area contributed by atoms with Gasteiger partial charge in [0.05, 0.1) is 18.2 Å². The Hall–Kier alpha value is -2.71. The number of methoxy groups -OCH3 is 1. The van der Waals surface area contributed by atoms with Gasteiger partial charge in [0.15, 0.2) is 0 Å². The van der Waals surface area contributed by atoms with Crippen molar-refractivity contribution in [1.82, 2.24) is 4.98 Å². The minimum atomic E-state index is -1.25. The number of hydrogen-bond donors (Lipinski definition) is 5. The second-order valence-corrected chi connectivity index (χ2v) is 7.05. The van der Waals surface area contributed by atoms with Crippen LogP contribution in [-0.4, -0.2) is 58.4 Å². The van der Waals surface area contributed by atoms with Crippen molar-refractivity contribution >= 4 is 16.6 Å². The zero-order chi connectivity index (χ0) is 21.0. The molecule has 0 bridgehead atoms. The first-order valence-corrected chi connectivity index (χ1v) is 9.43. The number of H-pyrrole nitrogens is 1. The summed E-state index contributed by atoms with van der Waals surface area (Å²) in [5, 5.41) is 33.7. The molecule has 0 aliphatic carbocycles. The van der Waals surface area contributed by atoms with Crippen LogP contribution in [0.3, 0.4) is 0 Å². The average molecular weight is 398 g/mol. The highest BCUT2D eigenvalue weighted by molar-refractivity contribution is 5.86. The van der Waals surface area contributed by atoms with Gasteiger partial charge in [-0.05, 0) is 36.1 Å². The monoisotopic (exact) mass is 398 g/mol. The molecule has 5 N–H and O–H groups in total. The molecule has 0 saturated heterocycles. The minimum absolute atomic E-state index is 0.185. The predicted molar refractivity (Wildman–Crippen MR) is 113 cm³/mol. The van der Waals surface area contributed by atoms with Gasteiger partial charge in [0.1, 0.15) is 18.3 Å². The molecule has 3 rings (SSSR count). The second kappa shape index (κ2) is 9.19. The fourth-order valence-corrected chi connectivity index (χ4v) is 3.31. The molecule has 1 aromatic heterocycles. The summed E-state index contributed by atoms with van der Waals surface area (Å²) < 4.78 is 4.97. The molecule has 2 aromatic carbocycles. The van der Waals surface area contributed by atoms with Crippen LogP contribution < -0.4 is 10.9 Å². The highest BCUT2D eigenvalue weighted by atomic mass is 16.5. The van der Waals surface area contributed by atoms with E-state index >= 15 is 0 Å². The lowest BCUT2D eigenvalue weighted by Gasteiger charge is -2.29. The maximum Gasteiger partial charge on any atom is 0.256 e. The number of aromatic amines is 1. The van der Waals surface area contributed by atoms with Gasteiger partial charge in [0.2, 0.25) is 0 Å². The summed E-state index contributed by atoms with van der Waals surface area (Å²) in [6.45, 7) is 1.31. The van der Waals surface area contributed by atoms with Crippen LogP contribution in [0.2, 0.25) is 0 Å². The normalized spacial score (nSPS) is 15.6. The van der Waals surface area contributed by atoms with Gasteiger partial charge in [-0.1, -0.05) is 36.4 Å². The molecule has 4 atom stereocenters. The molecule has 0 spiro atoms. The number of aliphatic hydroxyl groups excluding tert-OH is 3. The van der Waals surface area contributed by atoms with Crippen molar-refractivity contribution in [1.29, 1.82) is 0 Å². The molecule has 154 valence electrons. The van der Waals surface area contributed by atoms with Gasteiger partial charge in [-0.2, -0.15) is 0 Å². The molecule has 4 unspecified atom stereocenters. The van der Waals surface area contributed by atoms with E-state index in [-0.39, 0.29) is 5.56 Å². The van der Waals surface area contributed by atoms with Gasteiger partial charge >= 0.3 is 0 Å². The van der Waals surface area contributed by atoms with Crippen LogP contribution in [0.5, 0.6) is 0 Å². The SMILES string of the molecule is COC(CO)C(O)C(O)C(C)Nc1ccc2cc(-c3ccccc3)c(=O)[nH]c2c1. The Morgan fingerprint density at radius 1 is 1.07 bits per heavy atom. The standard InChI is InChI=1S/C22H26N2O5/c1-13(20(26)21(27)19(12-25)29-2)23-16-9-8-15-10-17(14-6-4-3-5-7-14)22(28)24-18(15)11-16/h3-11,13,19-21,23,25-27H,12H2,1-2H3,(H,24,28). The van der Waals surface area contributed by atoms with Crippen molar-refractivity contribution in [2.24, 2.45) is 0 Å². The quantitative estimate of drug-likeness (QED) is 0.395. The molecule has 0 amide bonds. The highest BCUT2D eigenvalue weighted by Gasteiger charge is 2.30. The summed E-state index contributed by atoms with van der Waals surface area (Å²) >= 11 is 0. The van der Waals surface area contributed by atoms with E-state index in [0.29, 0.717) is 16.8 Å². The van der Waals surface area contributed by atoms with E-state index in [9.17, 15) is 20.1 Å². The minimum Gasteiger partial charge on any atom is -0.394 e. The molecule has 0 radical (unpaired) electrons. The Bertz CT molecular complexity index is 1000. The van der Waals surface area contributed by atoms with E-state index in [1.54, 1.807) is 13.0 Å². The largest absolute Gasteiger partial charge is 0.394 e. The molecule has 0 aliphatic rings. The number of pyridine rings is 1. The third-order valence-corrected chi connectivity index (χ3v) is 5.05. The van der Waals surface area contributed by atoms with Crippen LogP contribution in [0.25, 0.3) is 22.0 Å². The molecular formula is C22H26N2O5. The summed E-state index contributed by atoms with van der Waals surface area (Å²) in [4.78, 5) is 15.4. The smallest absolute Gasteiger partial charge is 0.256 e. The van der Waals surface area contributed by atoms with Gasteiger partial charge < -0.3 is 30.4 Å². The molecule has 0 fully saturated rings. The summed E-state index contributed by atoms with van der Waals surface area (Å²) in [5.41, 5.74) is 2.60. The van der Waals surface area contributed by atoms with E-state index < -0.39 is 31.0 Å². The third-order valence-electron chi connectivity index (χ3n) is 5.05. The van der Waals surface area contributed by atoms with Crippen LogP contribution >= 0.6 is 0 Å². The van der Waals surface area contributed by atoms with Crippen molar-refractivity contribution < 1.29 is 20.1 Å². The molecule has 0 saturated carbocycles. The third kappa shape index (κ3) is 4.65. The maximum absolute atomic E-state index is 12.5. The van der Waals surface area contributed by atoms with Crippen molar-refractivity contribution in [3.05, 3.63) is 65.0 Å². The second-order valence-electron chi connectivity index (χ2n) is 7.05. The number of ether oxygens (including phenoxy) is 1. The molecule has 1 heterocycles. The summed E-state index contributed by atoms with van der Waals surface area (Å²) in [5.74, 6) is 0. The Morgan fingerprint density at radius 3 is 2.45 bits per heavy atom. The van der Waals surface area contributed by atoms with Crippen LogP contribution in [0, 0.1) is 0 Å². The zero-order valence-corrected chi connectivity index (χ0v) is 16.4. The van der Waals surface area contributed by atoms with Gasteiger partial charge in [0.25, 0.3) is 5.56 Å². The van der Waals surface area contributed by atoms with E-state index in [2.05, 4.69) is 10.3 Å². The van der Waals surface area contributed by atoms with Crippen LogP contribution in [-0.2, 0) is 4.74 Å². The number of benzene rings is 2. The molecule has 0 aliphatic heterocycles. The average Bonchev–Trinajstić information content (AvgIpc) is 2.74. The number of hydrogen-bond acceptors (Lipinski definition) is 6. The summed E-state index contributed by atoms with van der Waals surface area (Å²) in [6.07, 6.45) is -3.29. The van der Waals surface area contributed by atoms with Gasteiger partial charge in [-0.3, -0.25) is 4.79 Å². The number of nitrogens with one attached hydrogen (secondary N) is 2. The van der Waals surface area contributed by atoms with Crippen LogP contribution in [0.15, 0.2) is 59.4 Å². The van der Waals surface area contributed by atoms with Crippen LogP contribution in [0.4, 0.5) is 5.69 Å². The fraction of sp³-hybridized carbons (Fsp3) is 0.318. The first-order valence-electron chi connectivity index (χ1n) is 9.43. The molecule has 7 nitrogen and oxygen atoms in total. The molecule has 3 aromatic rings. The van der Waals surface area contributed by atoms with E-state index in [1.807, 2.05) is 48.5 Å². The van der Waals surface area contributed by atoms with Crippen molar-refractivity contribution in [2.75, 3.05) is 19.0 Å². The van der Waals surface area contributed by atoms with E-state index in [1.165, 1.54) is 7.11 Å². The van der Waals surface area contributed by atoms with Crippen molar-refractivity contribution in [3.63, 3.8) is 0 Å². The molecule has 29 heavy (non-hydrogen) atoms. The van der Waals surface area contributed by atoms with Crippen molar-refractivity contribution in [3.8, 4) is 11.1 Å². The Balaban J connectivity index is 1.82. The van der Waals surface area contributed by atoms with Gasteiger partial charge in [-0.15, -0.1) is 0 Å². The van der Waals surface area contributed by atoms with Crippen molar-refractivity contribution in [2.45, 2.75) is 31.3 Å². The number of aliphatic hydroxyl groups is 3. The Kier molecular flexibility index (Phi) is 6.66. The van der Waals surface area contributed by atoms with Crippen LogP contribution in [0.1, 0.15) is 6.92 Å². The van der Waals surface area contributed by atoms with E-state index in [4.69, 9.17) is 4.74 Å². The lowest BCUT2D eigenvalue weighted by atomic mass is 10.0. The Labute approximate surface area is 168 Å². The van der Waals surface area contributed by atoms with E-state index in [0.717, 1.165) is 10.9 Å². The number of rotatable bonds is 8. The highest BCUT2D eigenvalue weighted by Crippen LogP contribution is 2.23. The topological polar surface area (TPSA) is 115 Å². The maximum atomic E-state index is 12.5. The zero-order valence-electron chi connectivity index (χ0n) is 16.4. The first-order chi connectivity index (χ1) is 13.9. The number of aromatic nitrogens is 1. The first kappa shape index (κ1) is 21.0. The van der Waals surface area contributed by atoms with Gasteiger partial charge in [0, 0.05) is 18.4 Å². The van der Waals surface area contributed by atoms with Gasteiger partial charge in [-0.25, -0.2) is 0 Å². The fourth-order valence-electron chi connectivity index (χ4n) is 3.31. The number of fused-ring (bicyclic) bond motifs is 1. The lowest BCUT2D eigenvalue weighted by molar-refractivity contribution is -0.0953. The lowest BCUT2D eigenvalue weighted by Crippen LogP contribution is -2.48.